The summed E-state index contributed by atoms with van der Waals surface area (Å²) in [4.78, 5) is 27.3. The summed E-state index contributed by atoms with van der Waals surface area (Å²) in [6.07, 6.45) is 6.39. The van der Waals surface area contributed by atoms with Crippen molar-refractivity contribution < 1.29 is 14.5 Å². The van der Waals surface area contributed by atoms with Gasteiger partial charge in [0.1, 0.15) is 5.75 Å². The molecule has 0 N–H and O–H groups in total. The zero-order valence-corrected chi connectivity index (χ0v) is 13.9. The highest BCUT2D eigenvalue weighted by Crippen LogP contribution is 2.39. The van der Waals surface area contributed by atoms with Crippen molar-refractivity contribution in [2.45, 2.75) is 52.1 Å². The molecule has 1 aliphatic rings. The third-order valence-corrected chi connectivity index (χ3v) is 4.58. The number of ether oxygens (including phenoxy) is 1. The molecule has 2 aromatic rings. The highest BCUT2D eigenvalue weighted by Gasteiger charge is 2.27. The van der Waals surface area contributed by atoms with E-state index in [1.165, 1.54) is 13.0 Å². The molecular formula is C18H20N2O4. The fraction of sp³-hybridized carbons (Fsp3) is 0.444. The summed E-state index contributed by atoms with van der Waals surface area (Å²) in [5.74, 6) is 0.221. The molecule has 126 valence electrons. The molecule has 1 heterocycles. The van der Waals surface area contributed by atoms with Gasteiger partial charge in [-0.2, -0.15) is 0 Å². The van der Waals surface area contributed by atoms with E-state index in [4.69, 9.17) is 4.74 Å². The van der Waals surface area contributed by atoms with Crippen molar-refractivity contribution in [3.05, 3.63) is 39.6 Å². The number of Topliss-reactive ketones (excluding diaryl/α,β-unsaturated/α-hetero) is 1. The molecular weight excluding hydrogens is 308 g/mol. The van der Waals surface area contributed by atoms with E-state index in [1.807, 2.05) is 13.0 Å². The fourth-order valence-corrected chi connectivity index (χ4v) is 3.35. The average molecular weight is 328 g/mol. The molecule has 3 rings (SSSR count). The molecule has 1 aromatic carbocycles. The molecule has 0 saturated heterocycles. The Morgan fingerprint density at radius 1 is 1.42 bits per heavy atom. The molecule has 0 radical (unpaired) electrons. The van der Waals surface area contributed by atoms with E-state index in [0.29, 0.717) is 17.6 Å². The number of non-ortho nitro benzene ring substituents is 1. The van der Waals surface area contributed by atoms with Crippen molar-refractivity contribution in [3.63, 3.8) is 0 Å². The van der Waals surface area contributed by atoms with Gasteiger partial charge in [0.05, 0.1) is 22.0 Å². The number of nitro groups is 1. The van der Waals surface area contributed by atoms with Crippen LogP contribution in [0.4, 0.5) is 5.69 Å². The Bertz CT molecular complexity index is 810. The van der Waals surface area contributed by atoms with Crippen molar-refractivity contribution >= 4 is 22.4 Å². The normalized spacial score (nSPS) is 14.9. The number of nitrogens with zero attached hydrogens (tertiary/aromatic N) is 2. The van der Waals surface area contributed by atoms with Crippen LogP contribution in [-0.2, 0) is 6.42 Å². The minimum absolute atomic E-state index is 0.0534. The second-order valence-electron chi connectivity index (χ2n) is 6.16. The number of hydrogen-bond acceptors (Lipinski definition) is 5. The molecule has 24 heavy (non-hydrogen) atoms. The maximum absolute atomic E-state index is 12.1. The molecule has 1 saturated carbocycles. The van der Waals surface area contributed by atoms with Gasteiger partial charge < -0.3 is 4.74 Å². The number of ketones is 1. The molecule has 1 fully saturated rings. The molecule has 6 heteroatoms. The molecule has 0 atom stereocenters. The van der Waals surface area contributed by atoms with E-state index < -0.39 is 4.92 Å². The van der Waals surface area contributed by atoms with Crippen LogP contribution in [0.2, 0.25) is 0 Å². The minimum Gasteiger partial charge on any atom is -0.489 e. The number of rotatable bonds is 5. The van der Waals surface area contributed by atoms with Crippen LogP contribution in [-0.4, -0.2) is 21.8 Å². The summed E-state index contributed by atoms with van der Waals surface area (Å²) in [7, 11) is 0. The molecule has 0 amide bonds. The third-order valence-electron chi connectivity index (χ3n) is 4.58. The largest absolute Gasteiger partial charge is 0.489 e. The van der Waals surface area contributed by atoms with Crippen LogP contribution in [0, 0.1) is 10.1 Å². The molecule has 1 aliphatic carbocycles. The number of fused-ring (bicyclic) bond motifs is 1. The first-order chi connectivity index (χ1) is 11.5. The summed E-state index contributed by atoms with van der Waals surface area (Å²) >= 11 is 0. The summed E-state index contributed by atoms with van der Waals surface area (Å²) in [6, 6.07) is 3.14. The van der Waals surface area contributed by atoms with Gasteiger partial charge in [-0.1, -0.05) is 6.92 Å². The van der Waals surface area contributed by atoms with Crippen LogP contribution < -0.4 is 4.74 Å². The van der Waals surface area contributed by atoms with Crippen molar-refractivity contribution in [3.8, 4) is 5.75 Å². The first kappa shape index (κ1) is 16.4. The Morgan fingerprint density at radius 3 is 2.71 bits per heavy atom. The van der Waals surface area contributed by atoms with Gasteiger partial charge in [-0.3, -0.25) is 14.9 Å². The minimum atomic E-state index is -0.486. The zero-order valence-electron chi connectivity index (χ0n) is 13.9. The Labute approximate surface area is 140 Å². The smallest absolute Gasteiger partial charge is 0.296 e. The van der Waals surface area contributed by atoms with Gasteiger partial charge in [0.15, 0.2) is 11.3 Å². The standard InChI is InChI=1S/C18H20N2O4/c1-3-12-8-9-19-17-15(20(22)23)10-14(11(2)21)18(16(12)17)24-13-6-4-5-7-13/h8-10,13H,3-7H2,1-2H3. The quantitative estimate of drug-likeness (QED) is 0.466. The topological polar surface area (TPSA) is 82.3 Å². The van der Waals surface area contributed by atoms with Crippen molar-refractivity contribution in [2.75, 3.05) is 0 Å². The Morgan fingerprint density at radius 2 is 2.12 bits per heavy atom. The van der Waals surface area contributed by atoms with Gasteiger partial charge >= 0.3 is 0 Å². The average Bonchev–Trinajstić information content (AvgIpc) is 3.06. The van der Waals surface area contributed by atoms with Crippen LogP contribution >= 0.6 is 0 Å². The maximum Gasteiger partial charge on any atom is 0.296 e. The molecule has 0 aliphatic heterocycles. The number of pyridine rings is 1. The van der Waals surface area contributed by atoms with Gasteiger partial charge in [0.2, 0.25) is 0 Å². The van der Waals surface area contributed by atoms with E-state index >= 15 is 0 Å². The molecule has 0 unspecified atom stereocenters. The Balaban J connectivity index is 2.32. The Kier molecular flexibility index (Phi) is 4.46. The van der Waals surface area contributed by atoms with E-state index in [2.05, 4.69) is 4.98 Å². The fourth-order valence-electron chi connectivity index (χ4n) is 3.35. The van der Waals surface area contributed by atoms with E-state index in [0.717, 1.165) is 31.2 Å². The number of aromatic nitrogens is 1. The van der Waals surface area contributed by atoms with Crippen molar-refractivity contribution in [2.24, 2.45) is 0 Å². The number of benzene rings is 1. The predicted octanol–water partition coefficient (Wildman–Crippen LogP) is 4.23. The molecule has 6 nitrogen and oxygen atoms in total. The third kappa shape index (κ3) is 2.84. The SMILES string of the molecule is CCc1ccnc2c([N+](=O)[O-])cc(C(C)=O)c(OC3CCCC3)c12. The van der Waals surface area contributed by atoms with Gasteiger partial charge in [0.25, 0.3) is 5.69 Å². The highest BCUT2D eigenvalue weighted by atomic mass is 16.6. The van der Waals surface area contributed by atoms with Crippen LogP contribution in [0.25, 0.3) is 10.9 Å². The molecule has 0 spiro atoms. The van der Waals surface area contributed by atoms with Gasteiger partial charge in [0, 0.05) is 12.3 Å². The number of carbonyl (C=O) groups is 1. The van der Waals surface area contributed by atoms with Gasteiger partial charge in [-0.15, -0.1) is 0 Å². The van der Waals surface area contributed by atoms with E-state index in [-0.39, 0.29) is 28.7 Å². The summed E-state index contributed by atoms with van der Waals surface area (Å²) in [5.41, 5.74) is 1.31. The second kappa shape index (κ2) is 6.55. The summed E-state index contributed by atoms with van der Waals surface area (Å²) in [6.45, 7) is 3.38. The van der Waals surface area contributed by atoms with Gasteiger partial charge in [-0.05, 0) is 50.7 Å². The second-order valence-corrected chi connectivity index (χ2v) is 6.16. The zero-order chi connectivity index (χ0) is 17.3. The number of hydrogen-bond donors (Lipinski definition) is 0. The lowest BCUT2D eigenvalue weighted by molar-refractivity contribution is -0.383. The lowest BCUT2D eigenvalue weighted by atomic mass is 9.99. The monoisotopic (exact) mass is 328 g/mol. The Hall–Kier alpha value is -2.50. The molecule has 0 bridgehead atoms. The van der Waals surface area contributed by atoms with Crippen molar-refractivity contribution in [1.82, 2.24) is 4.98 Å². The van der Waals surface area contributed by atoms with Crippen molar-refractivity contribution in [1.29, 1.82) is 0 Å². The van der Waals surface area contributed by atoms with Crippen LogP contribution in [0.5, 0.6) is 5.75 Å². The van der Waals surface area contributed by atoms with Gasteiger partial charge in [-0.25, -0.2) is 4.98 Å². The number of aryl methyl sites for hydroxylation is 1. The van der Waals surface area contributed by atoms with Crippen LogP contribution in [0.1, 0.15) is 55.5 Å². The highest BCUT2D eigenvalue weighted by molar-refractivity contribution is 6.07. The van der Waals surface area contributed by atoms with Crippen LogP contribution in [0.3, 0.4) is 0 Å². The summed E-state index contributed by atoms with van der Waals surface area (Å²) in [5, 5.41) is 12.1. The lowest BCUT2D eigenvalue weighted by Crippen LogP contribution is -2.14. The maximum atomic E-state index is 12.1. The van der Waals surface area contributed by atoms with E-state index in [1.54, 1.807) is 6.20 Å². The summed E-state index contributed by atoms with van der Waals surface area (Å²) < 4.78 is 6.17. The molecule has 1 aromatic heterocycles. The van der Waals surface area contributed by atoms with E-state index in [9.17, 15) is 14.9 Å². The first-order valence-corrected chi connectivity index (χ1v) is 8.29. The first-order valence-electron chi connectivity index (χ1n) is 8.29. The lowest BCUT2D eigenvalue weighted by Gasteiger charge is -2.19. The number of carbonyl (C=O) groups excluding carboxylic acids is 1. The van der Waals surface area contributed by atoms with Crippen LogP contribution in [0.15, 0.2) is 18.3 Å². The number of nitro benzene ring substituents is 1. The predicted molar refractivity (Wildman–Crippen MR) is 90.7 cm³/mol.